The number of carboxylic acids is 1. The minimum absolute atomic E-state index is 0.0293. The van der Waals surface area contributed by atoms with Crippen LogP contribution in [0.4, 0.5) is 0 Å². The van der Waals surface area contributed by atoms with Gasteiger partial charge in [-0.15, -0.1) is 0 Å². The van der Waals surface area contributed by atoms with Gasteiger partial charge in [-0.05, 0) is 48.4 Å². The fourth-order valence-corrected chi connectivity index (χ4v) is 3.68. The average Bonchev–Trinajstić information content (AvgIpc) is 2.80. The van der Waals surface area contributed by atoms with Crippen LogP contribution in [-0.4, -0.2) is 16.9 Å². The lowest BCUT2D eigenvalue weighted by Gasteiger charge is -2.12. The van der Waals surface area contributed by atoms with Crippen molar-refractivity contribution >= 4 is 17.8 Å². The second-order valence-electron chi connectivity index (χ2n) is 7.74. The summed E-state index contributed by atoms with van der Waals surface area (Å²) in [5.74, 6) is -1.68. The van der Waals surface area contributed by atoms with Crippen molar-refractivity contribution < 1.29 is 14.7 Å². The lowest BCUT2D eigenvalue weighted by Crippen LogP contribution is -2.18. The van der Waals surface area contributed by atoms with Gasteiger partial charge < -0.3 is 5.11 Å². The first-order valence-electron chi connectivity index (χ1n) is 10.7. The molecule has 31 heavy (non-hydrogen) atoms. The summed E-state index contributed by atoms with van der Waals surface area (Å²) in [6, 6.07) is 25.6. The summed E-state index contributed by atoms with van der Waals surface area (Å²) in [5, 5.41) is 9.56. The van der Waals surface area contributed by atoms with Crippen LogP contribution in [0.2, 0.25) is 0 Å². The van der Waals surface area contributed by atoms with E-state index in [0.717, 1.165) is 29.5 Å². The van der Waals surface area contributed by atoms with Crippen LogP contribution in [-0.2, 0) is 11.2 Å². The van der Waals surface area contributed by atoms with E-state index >= 15 is 0 Å². The van der Waals surface area contributed by atoms with Gasteiger partial charge in [0.1, 0.15) is 0 Å². The van der Waals surface area contributed by atoms with Gasteiger partial charge >= 0.3 is 5.97 Å². The first kappa shape index (κ1) is 22.2. The topological polar surface area (TPSA) is 54.4 Å². The van der Waals surface area contributed by atoms with Crippen LogP contribution in [0, 0.1) is 5.92 Å². The van der Waals surface area contributed by atoms with E-state index in [1.54, 1.807) is 12.1 Å². The van der Waals surface area contributed by atoms with E-state index in [-0.39, 0.29) is 12.2 Å². The number of ketones is 1. The fourth-order valence-electron chi connectivity index (χ4n) is 3.68. The SMILES string of the molecule is C/C=C/c1ccc(-c2ccc(C(=O)CC(CCCc3ccccc3)C(=O)O)cc2)cc1. The molecule has 158 valence electrons. The van der Waals surface area contributed by atoms with E-state index in [1.807, 2.05) is 61.5 Å². The summed E-state index contributed by atoms with van der Waals surface area (Å²) in [6.45, 7) is 1.99. The number of benzene rings is 3. The molecule has 0 saturated heterocycles. The zero-order valence-corrected chi connectivity index (χ0v) is 17.8. The van der Waals surface area contributed by atoms with Gasteiger partial charge in [-0.2, -0.15) is 0 Å². The number of aryl methyl sites for hydroxylation is 1. The number of aliphatic carboxylic acids is 1. The van der Waals surface area contributed by atoms with E-state index < -0.39 is 11.9 Å². The van der Waals surface area contributed by atoms with Gasteiger partial charge in [0.25, 0.3) is 0 Å². The summed E-state index contributed by atoms with van der Waals surface area (Å²) in [4.78, 5) is 24.4. The number of allylic oxidation sites excluding steroid dienone is 1. The number of hydrogen-bond donors (Lipinski definition) is 1. The van der Waals surface area contributed by atoms with Gasteiger partial charge in [0, 0.05) is 12.0 Å². The molecule has 0 spiro atoms. The molecule has 1 N–H and O–H groups in total. The molecular formula is C28H28O3. The highest BCUT2D eigenvalue weighted by Crippen LogP contribution is 2.23. The normalized spacial score (nSPS) is 12.0. The van der Waals surface area contributed by atoms with Gasteiger partial charge in [-0.25, -0.2) is 0 Å². The van der Waals surface area contributed by atoms with Gasteiger partial charge in [-0.3, -0.25) is 9.59 Å². The molecule has 0 aliphatic carbocycles. The summed E-state index contributed by atoms with van der Waals surface area (Å²) in [5.41, 5.74) is 5.00. The molecule has 3 heteroatoms. The van der Waals surface area contributed by atoms with Crippen molar-refractivity contribution in [1.82, 2.24) is 0 Å². The van der Waals surface area contributed by atoms with Gasteiger partial charge in [0.15, 0.2) is 5.78 Å². The highest BCUT2D eigenvalue weighted by Gasteiger charge is 2.21. The van der Waals surface area contributed by atoms with Crippen LogP contribution >= 0.6 is 0 Å². The first-order valence-corrected chi connectivity index (χ1v) is 10.7. The molecule has 3 aromatic rings. The smallest absolute Gasteiger partial charge is 0.306 e. The molecule has 0 bridgehead atoms. The fraction of sp³-hybridized carbons (Fsp3) is 0.214. The lowest BCUT2D eigenvalue weighted by molar-refractivity contribution is -0.141. The quantitative estimate of drug-likeness (QED) is 0.378. The Kier molecular flexibility index (Phi) is 7.94. The van der Waals surface area contributed by atoms with Gasteiger partial charge in [0.05, 0.1) is 5.92 Å². The third-order valence-corrected chi connectivity index (χ3v) is 5.45. The Balaban J connectivity index is 1.59. The maximum absolute atomic E-state index is 12.7. The summed E-state index contributed by atoms with van der Waals surface area (Å²) < 4.78 is 0. The largest absolute Gasteiger partial charge is 0.481 e. The van der Waals surface area contributed by atoms with Crippen LogP contribution in [0.5, 0.6) is 0 Å². The zero-order valence-electron chi connectivity index (χ0n) is 17.8. The number of rotatable bonds is 10. The highest BCUT2D eigenvalue weighted by molar-refractivity contribution is 5.98. The molecule has 0 radical (unpaired) electrons. The van der Waals surface area contributed by atoms with Crippen molar-refractivity contribution in [2.75, 3.05) is 0 Å². The minimum Gasteiger partial charge on any atom is -0.481 e. The molecule has 3 rings (SSSR count). The Hall–Kier alpha value is -3.46. The Morgan fingerprint density at radius 3 is 2.06 bits per heavy atom. The van der Waals surface area contributed by atoms with Gasteiger partial charge in [0.2, 0.25) is 0 Å². The Morgan fingerprint density at radius 1 is 0.871 bits per heavy atom. The zero-order chi connectivity index (χ0) is 22.1. The first-order chi connectivity index (χ1) is 15.1. The van der Waals surface area contributed by atoms with Crippen LogP contribution < -0.4 is 0 Å². The second kappa shape index (κ2) is 11.1. The summed E-state index contributed by atoms with van der Waals surface area (Å²) in [6.07, 6.45) is 6.14. The molecule has 0 amide bonds. The summed E-state index contributed by atoms with van der Waals surface area (Å²) >= 11 is 0. The monoisotopic (exact) mass is 412 g/mol. The van der Waals surface area contributed by atoms with Gasteiger partial charge in [-0.1, -0.05) is 91.0 Å². The van der Waals surface area contributed by atoms with Crippen molar-refractivity contribution in [3.05, 3.63) is 102 Å². The number of carbonyl (C=O) groups is 2. The molecular weight excluding hydrogens is 384 g/mol. The Morgan fingerprint density at radius 2 is 1.48 bits per heavy atom. The molecule has 0 saturated carbocycles. The van der Waals surface area contributed by atoms with Crippen molar-refractivity contribution in [3.8, 4) is 11.1 Å². The molecule has 0 heterocycles. The number of carboxylic acid groups (broad SMARTS) is 1. The molecule has 0 aliphatic rings. The number of hydrogen-bond acceptors (Lipinski definition) is 2. The maximum atomic E-state index is 12.7. The van der Waals surface area contributed by atoms with Crippen LogP contribution in [0.25, 0.3) is 17.2 Å². The van der Waals surface area contributed by atoms with Crippen molar-refractivity contribution in [2.45, 2.75) is 32.6 Å². The predicted octanol–water partition coefficient (Wildman–Crippen LogP) is 6.68. The van der Waals surface area contributed by atoms with Crippen molar-refractivity contribution in [2.24, 2.45) is 5.92 Å². The Labute approximate surface area is 184 Å². The lowest BCUT2D eigenvalue weighted by atomic mass is 9.92. The van der Waals surface area contributed by atoms with Crippen LogP contribution in [0.1, 0.15) is 47.7 Å². The molecule has 0 fully saturated rings. The van der Waals surface area contributed by atoms with Crippen molar-refractivity contribution in [3.63, 3.8) is 0 Å². The van der Waals surface area contributed by atoms with E-state index in [1.165, 1.54) is 5.56 Å². The molecule has 0 aromatic heterocycles. The second-order valence-corrected chi connectivity index (χ2v) is 7.74. The molecule has 3 nitrogen and oxygen atoms in total. The summed E-state index contributed by atoms with van der Waals surface area (Å²) in [7, 11) is 0. The highest BCUT2D eigenvalue weighted by atomic mass is 16.4. The number of carbonyl (C=O) groups excluding carboxylic acids is 1. The standard InChI is InChI=1S/C28H28O3/c1-2-7-21-12-14-23(15-13-21)24-16-18-25(19-17-24)27(29)20-26(28(30)31)11-6-10-22-8-4-3-5-9-22/h2-5,7-9,12-19,26H,6,10-11,20H2,1H3,(H,30,31)/b7-2+. The van der Waals surface area contributed by atoms with E-state index in [0.29, 0.717) is 12.0 Å². The van der Waals surface area contributed by atoms with E-state index in [2.05, 4.69) is 24.3 Å². The third-order valence-electron chi connectivity index (χ3n) is 5.45. The van der Waals surface area contributed by atoms with E-state index in [4.69, 9.17) is 0 Å². The van der Waals surface area contributed by atoms with Crippen LogP contribution in [0.15, 0.2) is 84.9 Å². The molecule has 3 aromatic carbocycles. The predicted molar refractivity (Wildman–Crippen MR) is 126 cm³/mol. The maximum Gasteiger partial charge on any atom is 0.306 e. The van der Waals surface area contributed by atoms with Crippen molar-refractivity contribution in [1.29, 1.82) is 0 Å². The Bertz CT molecular complexity index is 1020. The molecule has 0 aliphatic heterocycles. The van der Waals surface area contributed by atoms with Crippen LogP contribution in [0.3, 0.4) is 0 Å². The molecule has 1 unspecified atom stereocenters. The minimum atomic E-state index is -0.903. The molecule has 1 atom stereocenters. The van der Waals surface area contributed by atoms with E-state index in [9.17, 15) is 14.7 Å². The third kappa shape index (κ3) is 6.51. The average molecular weight is 413 g/mol. The number of Topliss-reactive ketones (excluding diaryl/α,β-unsaturated/α-hetero) is 1.